The number of carbonyl (C=O) groups excluding carboxylic acids is 2. The molecular formula is C18H23IN2O3. The SMILES string of the molecule is COC(=O)C1CC2CCCCC2N1CC(=O)Nc1ccccc1I. The lowest BCUT2D eigenvalue weighted by atomic mass is 9.85. The monoisotopic (exact) mass is 442 g/mol. The summed E-state index contributed by atoms with van der Waals surface area (Å²) >= 11 is 2.21. The van der Waals surface area contributed by atoms with Crippen LogP contribution in [0.25, 0.3) is 0 Å². The number of amides is 1. The molecule has 1 saturated heterocycles. The second kappa shape index (κ2) is 7.82. The largest absolute Gasteiger partial charge is 0.468 e. The van der Waals surface area contributed by atoms with Gasteiger partial charge in [-0.2, -0.15) is 0 Å². The van der Waals surface area contributed by atoms with Gasteiger partial charge in [-0.05, 0) is 59.9 Å². The van der Waals surface area contributed by atoms with Crippen molar-refractivity contribution >= 4 is 40.2 Å². The van der Waals surface area contributed by atoms with Crippen LogP contribution in [0, 0.1) is 9.49 Å². The van der Waals surface area contributed by atoms with E-state index in [4.69, 9.17) is 4.74 Å². The van der Waals surface area contributed by atoms with Gasteiger partial charge >= 0.3 is 5.97 Å². The average Bonchev–Trinajstić information content (AvgIpc) is 2.95. The lowest BCUT2D eigenvalue weighted by molar-refractivity contribution is -0.146. The molecule has 130 valence electrons. The molecule has 3 unspecified atom stereocenters. The van der Waals surface area contributed by atoms with Gasteiger partial charge in [0.15, 0.2) is 0 Å². The lowest BCUT2D eigenvalue weighted by Crippen LogP contribution is -2.46. The Bertz CT molecular complexity index is 622. The maximum Gasteiger partial charge on any atom is 0.323 e. The van der Waals surface area contributed by atoms with Gasteiger partial charge in [0.2, 0.25) is 5.91 Å². The number of benzene rings is 1. The van der Waals surface area contributed by atoms with Crippen molar-refractivity contribution in [1.29, 1.82) is 0 Å². The first kappa shape index (κ1) is 17.7. The smallest absolute Gasteiger partial charge is 0.323 e. The molecule has 24 heavy (non-hydrogen) atoms. The number of likely N-dealkylation sites (tertiary alicyclic amines) is 1. The molecule has 1 aliphatic carbocycles. The zero-order chi connectivity index (χ0) is 17.1. The van der Waals surface area contributed by atoms with E-state index in [1.54, 1.807) is 0 Å². The lowest BCUT2D eigenvalue weighted by Gasteiger charge is -2.32. The van der Waals surface area contributed by atoms with Gasteiger partial charge in [-0.1, -0.05) is 25.0 Å². The molecular weight excluding hydrogens is 419 g/mol. The summed E-state index contributed by atoms with van der Waals surface area (Å²) in [7, 11) is 1.43. The van der Waals surface area contributed by atoms with E-state index >= 15 is 0 Å². The van der Waals surface area contributed by atoms with Crippen LogP contribution in [0.15, 0.2) is 24.3 Å². The molecule has 3 atom stereocenters. The molecule has 1 aromatic carbocycles. The van der Waals surface area contributed by atoms with E-state index in [9.17, 15) is 9.59 Å². The fraction of sp³-hybridized carbons (Fsp3) is 0.556. The number of nitrogens with zero attached hydrogens (tertiary/aromatic N) is 1. The Morgan fingerprint density at radius 2 is 2.04 bits per heavy atom. The van der Waals surface area contributed by atoms with Crippen LogP contribution < -0.4 is 5.32 Å². The van der Waals surface area contributed by atoms with E-state index in [0.717, 1.165) is 28.5 Å². The number of fused-ring (bicyclic) bond motifs is 1. The second-order valence-electron chi connectivity index (χ2n) is 6.59. The number of hydrogen-bond donors (Lipinski definition) is 1. The van der Waals surface area contributed by atoms with Gasteiger partial charge < -0.3 is 10.1 Å². The topological polar surface area (TPSA) is 58.6 Å². The number of methoxy groups -OCH3 is 1. The summed E-state index contributed by atoms with van der Waals surface area (Å²) in [5.74, 6) is 0.221. The minimum atomic E-state index is -0.288. The molecule has 0 spiro atoms. The molecule has 2 aliphatic rings. The molecule has 0 bridgehead atoms. The van der Waals surface area contributed by atoms with Crippen molar-refractivity contribution in [2.45, 2.75) is 44.2 Å². The molecule has 0 radical (unpaired) electrons. The number of hydrogen-bond acceptors (Lipinski definition) is 4. The third kappa shape index (κ3) is 3.74. The second-order valence-corrected chi connectivity index (χ2v) is 7.75. The first-order valence-electron chi connectivity index (χ1n) is 8.48. The molecule has 0 aromatic heterocycles. The molecule has 1 saturated carbocycles. The predicted molar refractivity (Wildman–Crippen MR) is 101 cm³/mol. The number of nitrogens with one attached hydrogen (secondary N) is 1. The standard InChI is InChI=1S/C18H23IN2O3/c1-24-18(23)16-10-12-6-2-5-9-15(12)21(16)11-17(22)20-14-8-4-3-7-13(14)19/h3-4,7-8,12,15-16H,2,5-6,9-11H2,1H3,(H,20,22). The third-order valence-electron chi connectivity index (χ3n) is 5.17. The van der Waals surface area contributed by atoms with Gasteiger partial charge in [0.05, 0.1) is 19.3 Å². The van der Waals surface area contributed by atoms with Gasteiger partial charge in [-0.25, -0.2) is 0 Å². The maximum absolute atomic E-state index is 12.5. The fourth-order valence-electron chi connectivity index (χ4n) is 4.07. The van der Waals surface area contributed by atoms with Crippen LogP contribution in [-0.4, -0.2) is 42.5 Å². The fourth-order valence-corrected chi connectivity index (χ4v) is 4.59. The van der Waals surface area contributed by atoms with Gasteiger partial charge in [0.25, 0.3) is 0 Å². The third-order valence-corrected chi connectivity index (χ3v) is 6.11. The maximum atomic E-state index is 12.5. The van der Waals surface area contributed by atoms with Crippen molar-refractivity contribution in [3.8, 4) is 0 Å². The van der Waals surface area contributed by atoms with E-state index in [-0.39, 0.29) is 24.5 Å². The minimum absolute atomic E-state index is 0.0701. The molecule has 5 nitrogen and oxygen atoms in total. The zero-order valence-corrected chi connectivity index (χ0v) is 16.0. The Balaban J connectivity index is 1.71. The van der Waals surface area contributed by atoms with Crippen LogP contribution in [0.4, 0.5) is 5.69 Å². The van der Waals surface area contributed by atoms with Crippen LogP contribution in [0.2, 0.25) is 0 Å². The van der Waals surface area contributed by atoms with Crippen molar-refractivity contribution in [2.24, 2.45) is 5.92 Å². The Hall–Kier alpha value is -1.15. The first-order chi connectivity index (χ1) is 11.6. The highest BCUT2D eigenvalue weighted by Gasteiger charge is 2.46. The Morgan fingerprint density at radius 3 is 2.79 bits per heavy atom. The van der Waals surface area contributed by atoms with Gasteiger partial charge in [-0.15, -0.1) is 0 Å². The van der Waals surface area contributed by atoms with Gasteiger partial charge in [-0.3, -0.25) is 14.5 Å². The summed E-state index contributed by atoms with van der Waals surface area (Å²) in [6, 6.07) is 7.73. The van der Waals surface area contributed by atoms with Gasteiger partial charge in [0.1, 0.15) is 6.04 Å². The predicted octanol–water partition coefficient (Wildman–Crippen LogP) is 3.04. The Morgan fingerprint density at radius 1 is 1.29 bits per heavy atom. The van der Waals surface area contributed by atoms with Crippen LogP contribution >= 0.6 is 22.6 Å². The molecule has 1 aliphatic heterocycles. The summed E-state index contributed by atoms with van der Waals surface area (Å²) in [4.78, 5) is 26.8. The summed E-state index contributed by atoms with van der Waals surface area (Å²) in [6.45, 7) is 0.242. The van der Waals surface area contributed by atoms with E-state index in [0.29, 0.717) is 12.0 Å². The zero-order valence-electron chi connectivity index (χ0n) is 13.8. The van der Waals surface area contributed by atoms with Crippen LogP contribution in [0.3, 0.4) is 0 Å². The van der Waals surface area contributed by atoms with Crippen molar-refractivity contribution in [3.05, 3.63) is 27.8 Å². The van der Waals surface area contributed by atoms with Crippen LogP contribution in [0.1, 0.15) is 32.1 Å². The van der Waals surface area contributed by atoms with E-state index in [1.165, 1.54) is 20.0 Å². The molecule has 1 heterocycles. The number of anilines is 1. The normalized spacial score (nSPS) is 26.7. The van der Waals surface area contributed by atoms with E-state index in [1.807, 2.05) is 24.3 Å². The van der Waals surface area contributed by atoms with Crippen LogP contribution in [-0.2, 0) is 14.3 Å². The molecule has 1 aromatic rings. The van der Waals surface area contributed by atoms with Crippen molar-refractivity contribution in [3.63, 3.8) is 0 Å². The highest BCUT2D eigenvalue weighted by atomic mass is 127. The Kier molecular flexibility index (Phi) is 5.76. The highest BCUT2D eigenvalue weighted by molar-refractivity contribution is 14.1. The number of halogens is 1. The summed E-state index contributed by atoms with van der Waals surface area (Å²) < 4.78 is 5.98. The van der Waals surface area contributed by atoms with Crippen LogP contribution in [0.5, 0.6) is 0 Å². The molecule has 2 fully saturated rings. The van der Waals surface area contributed by atoms with Crippen molar-refractivity contribution in [2.75, 3.05) is 19.0 Å². The van der Waals surface area contributed by atoms with E-state index in [2.05, 4.69) is 32.8 Å². The number of esters is 1. The van der Waals surface area contributed by atoms with Crippen molar-refractivity contribution < 1.29 is 14.3 Å². The van der Waals surface area contributed by atoms with Crippen molar-refractivity contribution in [1.82, 2.24) is 4.90 Å². The molecule has 6 heteroatoms. The molecule has 1 amide bonds. The van der Waals surface area contributed by atoms with Gasteiger partial charge in [0, 0.05) is 9.61 Å². The summed E-state index contributed by atoms with van der Waals surface area (Å²) in [6.07, 6.45) is 5.41. The first-order valence-corrected chi connectivity index (χ1v) is 9.56. The number of carbonyl (C=O) groups is 2. The number of rotatable bonds is 4. The van der Waals surface area contributed by atoms with E-state index < -0.39 is 0 Å². The quantitative estimate of drug-likeness (QED) is 0.576. The number of ether oxygens (including phenoxy) is 1. The average molecular weight is 442 g/mol. The molecule has 1 N–H and O–H groups in total. The molecule has 3 rings (SSSR count). The summed E-state index contributed by atoms with van der Waals surface area (Å²) in [5, 5.41) is 2.97. The minimum Gasteiger partial charge on any atom is -0.468 e. The summed E-state index contributed by atoms with van der Waals surface area (Å²) in [5.41, 5.74) is 0.817. The highest BCUT2D eigenvalue weighted by Crippen LogP contribution is 2.39. The number of para-hydroxylation sites is 1. The Labute approximate surface area is 156 Å².